The molecule has 0 aromatic heterocycles. The second-order valence-corrected chi connectivity index (χ2v) is 5.75. The molecule has 1 amide bonds. The fourth-order valence-electron chi connectivity index (χ4n) is 3.35. The molecule has 2 atom stereocenters. The molecule has 3 heterocycles. The Kier molecular flexibility index (Phi) is 3.34. The number of nitrogens with zero attached hydrogens (tertiary/aromatic N) is 1. The van der Waals surface area contributed by atoms with Crippen molar-refractivity contribution in [3.63, 3.8) is 0 Å². The van der Waals surface area contributed by atoms with Crippen LogP contribution in [-0.2, 0) is 9.53 Å². The van der Waals surface area contributed by atoms with E-state index in [1.165, 1.54) is 0 Å². The summed E-state index contributed by atoms with van der Waals surface area (Å²) in [7, 11) is 0. The lowest BCUT2D eigenvalue weighted by molar-refractivity contribution is -0.131. The van der Waals surface area contributed by atoms with Crippen molar-refractivity contribution in [2.45, 2.75) is 19.3 Å². The first kappa shape index (κ1) is 11.5. The average molecular weight is 238 g/mol. The van der Waals surface area contributed by atoms with E-state index in [1.807, 2.05) is 0 Å². The smallest absolute Gasteiger partial charge is 0.222 e. The number of hydrogen-bond donors (Lipinski definition) is 1. The summed E-state index contributed by atoms with van der Waals surface area (Å²) in [6.45, 7) is 5.76. The summed E-state index contributed by atoms with van der Waals surface area (Å²) in [5, 5.41) is 3.35. The Balaban J connectivity index is 1.49. The molecular formula is C13H22N2O2. The van der Waals surface area contributed by atoms with Gasteiger partial charge in [-0.3, -0.25) is 4.79 Å². The number of piperidine rings is 1. The Morgan fingerprint density at radius 1 is 1.18 bits per heavy atom. The van der Waals surface area contributed by atoms with Gasteiger partial charge in [-0.05, 0) is 31.8 Å². The Hall–Kier alpha value is -0.610. The van der Waals surface area contributed by atoms with Gasteiger partial charge in [-0.1, -0.05) is 0 Å². The fourth-order valence-corrected chi connectivity index (χ4v) is 3.35. The second-order valence-electron chi connectivity index (χ2n) is 5.75. The highest BCUT2D eigenvalue weighted by molar-refractivity contribution is 5.76. The molecule has 4 heteroatoms. The highest BCUT2D eigenvalue weighted by Crippen LogP contribution is 2.30. The highest BCUT2D eigenvalue weighted by Gasteiger charge is 2.39. The number of hydrogen-bond acceptors (Lipinski definition) is 3. The number of nitrogens with one attached hydrogen (secondary N) is 1. The number of fused-ring (bicyclic) bond motifs is 1. The van der Waals surface area contributed by atoms with E-state index in [9.17, 15) is 4.79 Å². The third kappa shape index (κ3) is 2.47. The van der Waals surface area contributed by atoms with E-state index in [2.05, 4.69) is 10.2 Å². The van der Waals surface area contributed by atoms with Gasteiger partial charge in [-0.15, -0.1) is 0 Å². The van der Waals surface area contributed by atoms with E-state index in [-0.39, 0.29) is 0 Å². The molecule has 0 radical (unpaired) electrons. The molecule has 0 unspecified atom stereocenters. The standard InChI is InChI=1S/C13H22N2O2/c16-13(5-10-1-3-14-4-2-10)15-6-11-8-17-9-12(11)7-15/h10-12,14H,1-9H2/t11-,12-/m0/s1. The number of carbonyl (C=O) groups is 1. The Morgan fingerprint density at radius 3 is 2.47 bits per heavy atom. The number of rotatable bonds is 2. The van der Waals surface area contributed by atoms with Gasteiger partial charge in [0, 0.05) is 31.3 Å². The third-order valence-corrected chi connectivity index (χ3v) is 4.52. The van der Waals surface area contributed by atoms with E-state index in [0.717, 1.165) is 58.7 Å². The summed E-state index contributed by atoms with van der Waals surface area (Å²) in [6, 6.07) is 0. The summed E-state index contributed by atoms with van der Waals surface area (Å²) >= 11 is 0. The summed E-state index contributed by atoms with van der Waals surface area (Å²) in [5.41, 5.74) is 0. The number of ether oxygens (including phenoxy) is 1. The minimum atomic E-state index is 0.381. The van der Waals surface area contributed by atoms with Crippen LogP contribution in [0.1, 0.15) is 19.3 Å². The van der Waals surface area contributed by atoms with Crippen molar-refractivity contribution in [1.29, 1.82) is 0 Å². The van der Waals surface area contributed by atoms with Crippen LogP contribution < -0.4 is 5.32 Å². The van der Waals surface area contributed by atoms with Crippen LogP contribution in [0.15, 0.2) is 0 Å². The summed E-state index contributed by atoms with van der Waals surface area (Å²) < 4.78 is 5.44. The fraction of sp³-hybridized carbons (Fsp3) is 0.923. The minimum Gasteiger partial charge on any atom is -0.381 e. The van der Waals surface area contributed by atoms with Crippen molar-refractivity contribution in [3.8, 4) is 0 Å². The minimum absolute atomic E-state index is 0.381. The molecule has 17 heavy (non-hydrogen) atoms. The first-order valence-electron chi connectivity index (χ1n) is 6.89. The first-order chi connectivity index (χ1) is 8.33. The maximum atomic E-state index is 12.2. The average Bonchev–Trinajstić information content (AvgIpc) is 2.90. The topological polar surface area (TPSA) is 41.6 Å². The number of carbonyl (C=O) groups excluding carboxylic acids is 1. The molecule has 3 aliphatic rings. The molecule has 3 rings (SSSR count). The Bertz CT molecular complexity index is 277. The maximum absolute atomic E-state index is 12.2. The van der Waals surface area contributed by atoms with Crippen molar-refractivity contribution in [3.05, 3.63) is 0 Å². The van der Waals surface area contributed by atoms with Crippen molar-refractivity contribution in [2.75, 3.05) is 39.4 Å². The van der Waals surface area contributed by atoms with Crippen LogP contribution in [0.5, 0.6) is 0 Å². The van der Waals surface area contributed by atoms with Gasteiger partial charge in [-0.2, -0.15) is 0 Å². The van der Waals surface area contributed by atoms with E-state index in [0.29, 0.717) is 23.7 Å². The van der Waals surface area contributed by atoms with E-state index < -0.39 is 0 Å². The molecule has 0 aliphatic carbocycles. The number of amides is 1. The highest BCUT2D eigenvalue weighted by atomic mass is 16.5. The van der Waals surface area contributed by atoms with Gasteiger partial charge in [0.2, 0.25) is 5.91 Å². The van der Waals surface area contributed by atoms with Gasteiger partial charge in [0.1, 0.15) is 0 Å². The van der Waals surface area contributed by atoms with E-state index in [4.69, 9.17) is 4.74 Å². The van der Waals surface area contributed by atoms with Gasteiger partial charge in [0.25, 0.3) is 0 Å². The monoisotopic (exact) mass is 238 g/mol. The zero-order chi connectivity index (χ0) is 11.7. The van der Waals surface area contributed by atoms with Gasteiger partial charge >= 0.3 is 0 Å². The lowest BCUT2D eigenvalue weighted by atomic mass is 9.94. The van der Waals surface area contributed by atoms with Gasteiger partial charge < -0.3 is 15.0 Å². The van der Waals surface area contributed by atoms with E-state index >= 15 is 0 Å². The lowest BCUT2D eigenvalue weighted by Crippen LogP contribution is -2.35. The molecule has 1 N–H and O–H groups in total. The van der Waals surface area contributed by atoms with Crippen molar-refractivity contribution in [1.82, 2.24) is 10.2 Å². The molecule has 3 saturated heterocycles. The van der Waals surface area contributed by atoms with Crippen LogP contribution in [0, 0.1) is 17.8 Å². The van der Waals surface area contributed by atoms with Crippen LogP contribution >= 0.6 is 0 Å². The van der Waals surface area contributed by atoms with Crippen LogP contribution in [0.2, 0.25) is 0 Å². The molecule has 0 saturated carbocycles. The quantitative estimate of drug-likeness (QED) is 0.761. The second kappa shape index (κ2) is 4.94. The molecule has 0 spiro atoms. The molecule has 0 bridgehead atoms. The van der Waals surface area contributed by atoms with Crippen LogP contribution in [0.3, 0.4) is 0 Å². The zero-order valence-corrected chi connectivity index (χ0v) is 10.4. The molecular weight excluding hydrogens is 216 g/mol. The van der Waals surface area contributed by atoms with Crippen molar-refractivity contribution >= 4 is 5.91 Å². The largest absolute Gasteiger partial charge is 0.381 e. The van der Waals surface area contributed by atoms with E-state index in [1.54, 1.807) is 0 Å². The Labute approximate surface area is 103 Å². The molecule has 96 valence electrons. The summed E-state index contributed by atoms with van der Waals surface area (Å²) in [6.07, 6.45) is 3.09. The first-order valence-corrected chi connectivity index (χ1v) is 6.89. The molecule has 0 aromatic rings. The molecule has 3 fully saturated rings. The predicted octanol–water partition coefficient (Wildman–Crippen LogP) is 0.481. The molecule has 0 aromatic carbocycles. The van der Waals surface area contributed by atoms with Gasteiger partial charge in [0.15, 0.2) is 0 Å². The number of likely N-dealkylation sites (tertiary alicyclic amines) is 1. The Morgan fingerprint density at radius 2 is 1.82 bits per heavy atom. The SMILES string of the molecule is O=C(CC1CCNCC1)N1C[C@H]2COC[C@@H]2C1. The van der Waals surface area contributed by atoms with Crippen LogP contribution in [0.4, 0.5) is 0 Å². The lowest BCUT2D eigenvalue weighted by Gasteiger charge is -2.25. The van der Waals surface area contributed by atoms with Crippen molar-refractivity contribution in [2.24, 2.45) is 17.8 Å². The maximum Gasteiger partial charge on any atom is 0.222 e. The van der Waals surface area contributed by atoms with Crippen molar-refractivity contribution < 1.29 is 9.53 Å². The molecule has 4 nitrogen and oxygen atoms in total. The summed E-state index contributed by atoms with van der Waals surface area (Å²) in [5.74, 6) is 2.23. The third-order valence-electron chi connectivity index (χ3n) is 4.52. The zero-order valence-electron chi connectivity index (χ0n) is 10.4. The van der Waals surface area contributed by atoms with Crippen LogP contribution in [-0.4, -0.2) is 50.2 Å². The van der Waals surface area contributed by atoms with Crippen LogP contribution in [0.25, 0.3) is 0 Å². The normalized spacial score (nSPS) is 34.0. The molecule has 3 aliphatic heterocycles. The van der Waals surface area contributed by atoms with Gasteiger partial charge in [-0.25, -0.2) is 0 Å². The predicted molar refractivity (Wildman–Crippen MR) is 64.6 cm³/mol. The van der Waals surface area contributed by atoms with Gasteiger partial charge in [0.05, 0.1) is 13.2 Å². The summed E-state index contributed by atoms with van der Waals surface area (Å²) in [4.78, 5) is 14.3.